The van der Waals surface area contributed by atoms with Gasteiger partial charge in [-0.15, -0.1) is 6.58 Å². The number of nitrogens with zero attached hydrogens (tertiary/aromatic N) is 4. The number of anilines is 1. The molecule has 4 aliphatic heterocycles. The number of rotatable bonds is 6. The summed E-state index contributed by atoms with van der Waals surface area (Å²) in [6, 6.07) is 4.20. The van der Waals surface area contributed by atoms with Crippen LogP contribution in [0.15, 0.2) is 54.1 Å². The molecule has 5 amide bonds. The minimum atomic E-state index is -4.70. The Balaban J connectivity index is 1.14. The number of piperidine rings is 1. The molecule has 21 heteroatoms. The fraction of sp³-hybridized carbons (Fsp3) is 0.571. The zero-order valence-corrected chi connectivity index (χ0v) is 35.6. The van der Waals surface area contributed by atoms with Crippen molar-refractivity contribution in [1.29, 1.82) is 0 Å². The predicted octanol–water partition coefficient (Wildman–Crippen LogP) is 3.80. The average Bonchev–Trinajstić information content (AvgIpc) is 3.54. The van der Waals surface area contributed by atoms with Gasteiger partial charge in [-0.3, -0.25) is 29.2 Å². The molecule has 342 valence electrons. The molecule has 1 saturated carbocycles. The van der Waals surface area contributed by atoms with Crippen molar-refractivity contribution in [2.24, 2.45) is 5.92 Å². The molecule has 7 rings (SSSR count). The van der Waals surface area contributed by atoms with Gasteiger partial charge in [-0.05, 0) is 61.9 Å². The van der Waals surface area contributed by atoms with Crippen LogP contribution in [0.5, 0.6) is 0 Å². The number of amides is 5. The maximum atomic E-state index is 14.7. The van der Waals surface area contributed by atoms with Crippen molar-refractivity contribution in [2.75, 3.05) is 38.0 Å². The fourth-order valence-electron chi connectivity index (χ4n) is 8.81. The van der Waals surface area contributed by atoms with Gasteiger partial charge in [0.1, 0.15) is 40.5 Å². The van der Waals surface area contributed by atoms with Gasteiger partial charge in [0.15, 0.2) is 0 Å². The van der Waals surface area contributed by atoms with Crippen LogP contribution in [0.3, 0.4) is 0 Å². The number of ether oxygens (including phenoxy) is 2. The molecule has 5 atom stereocenters. The van der Waals surface area contributed by atoms with Gasteiger partial charge in [-0.25, -0.2) is 35.9 Å². The molecule has 0 unspecified atom stereocenters. The van der Waals surface area contributed by atoms with E-state index in [9.17, 15) is 45.6 Å². The summed E-state index contributed by atoms with van der Waals surface area (Å²) in [5, 5.41) is 8.38. The lowest BCUT2D eigenvalue weighted by atomic mass is 10.0. The number of sulfonamides is 1. The molecule has 3 fully saturated rings. The minimum Gasteiger partial charge on any atom is -0.446 e. The highest BCUT2D eigenvalue weighted by Crippen LogP contribution is 2.45. The minimum absolute atomic E-state index is 0.0441. The molecular formula is C42H53F3N8O9S. The third-order valence-corrected chi connectivity index (χ3v) is 13.7. The normalized spacial score (nSPS) is 27.3. The molecule has 0 radical (unpaired) electrons. The Morgan fingerprint density at radius 2 is 1.78 bits per heavy atom. The number of fused-ring (bicyclic) bond motifs is 3. The summed E-state index contributed by atoms with van der Waals surface area (Å²) in [4.78, 5) is 78.1. The lowest BCUT2D eigenvalue weighted by Crippen LogP contribution is -2.58. The summed E-state index contributed by atoms with van der Waals surface area (Å²) in [7, 11) is -4.70. The van der Waals surface area contributed by atoms with Gasteiger partial charge in [-0.2, -0.15) is 0 Å². The quantitative estimate of drug-likeness (QED) is 0.306. The van der Waals surface area contributed by atoms with E-state index in [1.54, 1.807) is 17.2 Å². The molecule has 2 aromatic rings. The molecule has 63 heavy (non-hydrogen) atoms. The van der Waals surface area contributed by atoms with Crippen LogP contribution in [0.1, 0.15) is 75.5 Å². The van der Waals surface area contributed by atoms with Gasteiger partial charge in [0.25, 0.3) is 22.4 Å². The Hall–Kier alpha value is -5.44. The summed E-state index contributed by atoms with van der Waals surface area (Å²) >= 11 is 0. The standard InChI is InChI=1S/C42H53F3N8O9S/c1-2-27-21-42(27)39(56)50-63(59,60)35-19-28(43)11-12-31(35)46-15-7-5-3-4-6-10-32(48-40(57)61-29-13-17-51(18-14-29)25-36(44)45)38(55)53-23-30(20-34(53)37(54)49-42)62-41(58)52-22-26-9-8-16-47-33(26)24-52/h2,8-9,11-12,16,19,27,29-30,32,34,36,46H,1,3-7,10,13-15,17-18,20-25H2,(H,48,57)(H,49,54)(H,50,56)/t27-,30-,32+,34+,42-/m1/s1. The number of halogens is 3. The first-order valence-corrected chi connectivity index (χ1v) is 22.9. The number of aromatic nitrogens is 1. The number of hydrogen-bond donors (Lipinski definition) is 4. The first-order valence-electron chi connectivity index (χ1n) is 21.4. The van der Waals surface area contributed by atoms with Gasteiger partial charge >= 0.3 is 12.2 Å². The molecule has 5 heterocycles. The lowest BCUT2D eigenvalue weighted by Gasteiger charge is -2.32. The van der Waals surface area contributed by atoms with Gasteiger partial charge in [0, 0.05) is 38.2 Å². The van der Waals surface area contributed by atoms with Crippen molar-refractivity contribution in [3.05, 3.63) is 66.3 Å². The van der Waals surface area contributed by atoms with Crippen molar-refractivity contribution >= 4 is 45.6 Å². The first kappa shape index (κ1) is 45.6. The number of likely N-dealkylation sites (tertiary alicyclic amines) is 1. The summed E-state index contributed by atoms with van der Waals surface area (Å²) in [6.45, 7) is 4.44. The van der Waals surface area contributed by atoms with Crippen molar-refractivity contribution in [3.8, 4) is 0 Å². The largest absolute Gasteiger partial charge is 0.446 e. The Morgan fingerprint density at radius 3 is 2.51 bits per heavy atom. The smallest absolute Gasteiger partial charge is 0.410 e. The highest BCUT2D eigenvalue weighted by molar-refractivity contribution is 7.90. The Labute approximate surface area is 363 Å². The number of pyridine rings is 1. The first-order chi connectivity index (χ1) is 30.1. The van der Waals surface area contributed by atoms with Crippen LogP contribution in [0.4, 0.5) is 28.4 Å². The van der Waals surface area contributed by atoms with E-state index in [1.165, 1.54) is 21.9 Å². The summed E-state index contributed by atoms with van der Waals surface area (Å²) in [5.41, 5.74) is -0.201. The summed E-state index contributed by atoms with van der Waals surface area (Å²) in [6.07, 6.45) is 0.933. The van der Waals surface area contributed by atoms with Crippen molar-refractivity contribution < 1.29 is 55.0 Å². The maximum absolute atomic E-state index is 14.7. The third-order valence-electron chi connectivity index (χ3n) is 12.4. The molecule has 4 N–H and O–H groups in total. The molecule has 1 aromatic carbocycles. The van der Waals surface area contributed by atoms with Crippen molar-refractivity contribution in [2.45, 2.75) is 118 Å². The van der Waals surface area contributed by atoms with Crippen LogP contribution >= 0.6 is 0 Å². The third kappa shape index (κ3) is 10.9. The molecule has 5 aliphatic rings. The highest BCUT2D eigenvalue weighted by Gasteiger charge is 2.61. The average molecular weight is 903 g/mol. The molecule has 1 aliphatic carbocycles. The van der Waals surface area contributed by atoms with Crippen LogP contribution in [0.2, 0.25) is 0 Å². The second-order valence-corrected chi connectivity index (χ2v) is 18.4. The van der Waals surface area contributed by atoms with Gasteiger partial charge in [-0.1, -0.05) is 37.8 Å². The monoisotopic (exact) mass is 902 g/mol. The van der Waals surface area contributed by atoms with E-state index in [0.717, 1.165) is 17.7 Å². The number of hydrogen-bond acceptors (Lipinski definition) is 12. The van der Waals surface area contributed by atoms with Crippen LogP contribution in [0, 0.1) is 11.7 Å². The molecule has 0 bridgehead atoms. The van der Waals surface area contributed by atoms with Gasteiger partial charge in [0.05, 0.1) is 37.6 Å². The van der Waals surface area contributed by atoms with E-state index < -0.39 is 92.8 Å². The van der Waals surface area contributed by atoms with Gasteiger partial charge < -0.3 is 30.3 Å². The van der Waals surface area contributed by atoms with E-state index in [4.69, 9.17) is 9.47 Å². The Bertz CT molecular complexity index is 2150. The zero-order chi connectivity index (χ0) is 44.9. The van der Waals surface area contributed by atoms with Crippen LogP contribution in [0.25, 0.3) is 0 Å². The number of carbonyl (C=O) groups excluding carboxylic acids is 5. The fourth-order valence-corrected chi connectivity index (χ4v) is 10.0. The van der Waals surface area contributed by atoms with Crippen molar-refractivity contribution in [3.63, 3.8) is 0 Å². The molecular weight excluding hydrogens is 850 g/mol. The molecule has 2 saturated heterocycles. The zero-order valence-electron chi connectivity index (χ0n) is 34.7. The Morgan fingerprint density at radius 1 is 1.02 bits per heavy atom. The number of benzene rings is 1. The number of alkyl carbamates (subject to hydrolysis) is 1. The summed E-state index contributed by atoms with van der Waals surface area (Å²) < 4.78 is 81.4. The van der Waals surface area contributed by atoms with E-state index >= 15 is 0 Å². The highest BCUT2D eigenvalue weighted by atomic mass is 32.2. The summed E-state index contributed by atoms with van der Waals surface area (Å²) in [5.74, 6) is -4.20. The second-order valence-electron chi connectivity index (χ2n) is 16.8. The number of alkyl halides is 2. The topological polar surface area (TPSA) is 209 Å². The maximum Gasteiger partial charge on any atom is 0.410 e. The molecule has 1 spiro atoms. The SMILES string of the molecule is C=C[C@@H]1C[C@@]12NC(=O)[C@@H]1C[C@@H](OC(=O)N3Cc4cccnc4C3)CN1C(=O)[C@@H](NC(=O)OC1CCN(CC(F)F)CC1)CCCCCCCNc1ccc(F)cc1S(=O)(=O)NC2=O. The number of nitrogens with one attached hydrogen (secondary N) is 4. The molecule has 1 aromatic heterocycles. The second kappa shape index (κ2) is 19.5. The number of carbonyl (C=O) groups is 5. The van der Waals surface area contributed by atoms with Gasteiger partial charge in [0.2, 0.25) is 11.8 Å². The Kier molecular flexibility index (Phi) is 14.1. The van der Waals surface area contributed by atoms with E-state index in [-0.39, 0.29) is 51.1 Å². The van der Waals surface area contributed by atoms with Crippen LogP contribution in [-0.4, -0.2) is 127 Å². The van der Waals surface area contributed by atoms with Crippen molar-refractivity contribution in [1.82, 2.24) is 35.0 Å². The molecule has 17 nitrogen and oxygen atoms in total. The van der Waals surface area contributed by atoms with Crippen LogP contribution in [-0.2, 0) is 47.0 Å². The van der Waals surface area contributed by atoms with Crippen LogP contribution < -0.4 is 20.7 Å². The van der Waals surface area contributed by atoms with E-state index in [1.807, 2.05) is 10.8 Å². The van der Waals surface area contributed by atoms with E-state index in [0.29, 0.717) is 70.3 Å². The predicted molar refractivity (Wildman–Crippen MR) is 220 cm³/mol. The van der Waals surface area contributed by atoms with E-state index in [2.05, 4.69) is 27.5 Å². The lowest BCUT2D eigenvalue weighted by molar-refractivity contribution is -0.141.